The van der Waals surface area contributed by atoms with Crippen LogP contribution in [0.25, 0.3) is 11.0 Å². The lowest BCUT2D eigenvalue weighted by Gasteiger charge is -2.35. The van der Waals surface area contributed by atoms with Crippen LogP contribution in [-0.4, -0.2) is 57.0 Å². The molecule has 1 saturated heterocycles. The summed E-state index contributed by atoms with van der Waals surface area (Å²) in [5, 5.41) is 2.98. The molecule has 0 aliphatic carbocycles. The first-order chi connectivity index (χ1) is 13.5. The van der Waals surface area contributed by atoms with Gasteiger partial charge in [-0.1, -0.05) is 6.92 Å². The molecular weight excluding hydrogens is 356 g/mol. The molecular formula is C19H24N8O. The smallest absolute Gasteiger partial charge is 0.321 e. The molecule has 146 valence electrons. The molecule has 2 aromatic heterocycles. The number of aromatic amines is 1. The van der Waals surface area contributed by atoms with Gasteiger partial charge in [-0.2, -0.15) is 4.98 Å². The molecule has 3 heterocycles. The number of H-pyrrole nitrogens is 1. The molecule has 2 amide bonds. The number of urea groups is 1. The maximum Gasteiger partial charge on any atom is 0.321 e. The van der Waals surface area contributed by atoms with Crippen LogP contribution >= 0.6 is 0 Å². The highest BCUT2D eigenvalue weighted by molar-refractivity contribution is 5.92. The maximum atomic E-state index is 12.6. The molecule has 0 radical (unpaired) electrons. The molecule has 1 aliphatic rings. The number of aromatic nitrogens is 4. The summed E-state index contributed by atoms with van der Waals surface area (Å²) in [5.41, 5.74) is 9.17. The van der Waals surface area contributed by atoms with Crippen LogP contribution in [0.5, 0.6) is 0 Å². The fraction of sp³-hybridized carbons (Fsp3) is 0.368. The van der Waals surface area contributed by atoms with E-state index in [-0.39, 0.29) is 12.0 Å². The van der Waals surface area contributed by atoms with E-state index in [0.29, 0.717) is 26.2 Å². The van der Waals surface area contributed by atoms with Gasteiger partial charge in [0.1, 0.15) is 11.6 Å². The van der Waals surface area contributed by atoms with Crippen molar-refractivity contribution in [3.8, 4) is 0 Å². The van der Waals surface area contributed by atoms with Crippen molar-refractivity contribution in [2.45, 2.75) is 20.3 Å². The summed E-state index contributed by atoms with van der Waals surface area (Å²) < 4.78 is 0. The van der Waals surface area contributed by atoms with Crippen LogP contribution in [0, 0.1) is 6.92 Å². The Morgan fingerprint density at radius 1 is 1.18 bits per heavy atom. The van der Waals surface area contributed by atoms with Crippen molar-refractivity contribution in [2.24, 2.45) is 0 Å². The van der Waals surface area contributed by atoms with Crippen LogP contribution in [0.3, 0.4) is 0 Å². The lowest BCUT2D eigenvalue weighted by atomic mass is 10.2. The van der Waals surface area contributed by atoms with E-state index in [1.54, 1.807) is 0 Å². The van der Waals surface area contributed by atoms with Crippen LogP contribution in [-0.2, 0) is 6.42 Å². The highest BCUT2D eigenvalue weighted by Gasteiger charge is 2.22. The van der Waals surface area contributed by atoms with Gasteiger partial charge in [0.2, 0.25) is 5.95 Å². The monoisotopic (exact) mass is 380 g/mol. The number of nitrogens with two attached hydrogens (primary N) is 1. The Morgan fingerprint density at radius 2 is 1.96 bits per heavy atom. The summed E-state index contributed by atoms with van der Waals surface area (Å²) >= 11 is 0. The largest absolute Gasteiger partial charge is 0.368 e. The molecule has 0 spiro atoms. The second-order valence-electron chi connectivity index (χ2n) is 6.90. The van der Waals surface area contributed by atoms with E-state index in [2.05, 4.69) is 37.1 Å². The molecule has 0 unspecified atom stereocenters. The number of carbonyl (C=O) groups is 1. The van der Waals surface area contributed by atoms with Crippen molar-refractivity contribution >= 4 is 34.5 Å². The van der Waals surface area contributed by atoms with Gasteiger partial charge in [0.15, 0.2) is 0 Å². The van der Waals surface area contributed by atoms with Crippen LogP contribution < -0.4 is 16.0 Å². The van der Waals surface area contributed by atoms with Gasteiger partial charge in [0.25, 0.3) is 0 Å². The van der Waals surface area contributed by atoms with Crippen molar-refractivity contribution in [3.63, 3.8) is 0 Å². The van der Waals surface area contributed by atoms with Gasteiger partial charge < -0.3 is 25.8 Å². The summed E-state index contributed by atoms with van der Waals surface area (Å²) in [5.74, 6) is 2.02. The number of hydrogen-bond acceptors (Lipinski definition) is 6. The van der Waals surface area contributed by atoms with E-state index in [1.807, 2.05) is 36.1 Å². The SMILES string of the molecule is CCc1nc2ccc(NC(=O)N3CCN(c4cc(C)nc(N)n4)CC3)cc2[nH]1. The number of nitrogen functional groups attached to an aromatic ring is 1. The van der Waals surface area contributed by atoms with Crippen LogP contribution in [0.2, 0.25) is 0 Å². The first-order valence-electron chi connectivity index (χ1n) is 9.42. The van der Waals surface area contributed by atoms with Gasteiger partial charge in [0.05, 0.1) is 11.0 Å². The zero-order valence-corrected chi connectivity index (χ0v) is 16.1. The van der Waals surface area contributed by atoms with Crippen LogP contribution in [0.1, 0.15) is 18.4 Å². The normalized spacial score (nSPS) is 14.5. The Kier molecular flexibility index (Phi) is 4.72. The number of aryl methyl sites for hydroxylation is 2. The summed E-state index contributed by atoms with van der Waals surface area (Å²) in [7, 11) is 0. The van der Waals surface area contributed by atoms with E-state index in [9.17, 15) is 4.79 Å². The summed E-state index contributed by atoms with van der Waals surface area (Å²) in [4.78, 5) is 32.7. The zero-order valence-electron chi connectivity index (χ0n) is 16.1. The number of benzene rings is 1. The van der Waals surface area contributed by atoms with Crippen LogP contribution in [0.15, 0.2) is 24.3 Å². The van der Waals surface area contributed by atoms with Gasteiger partial charge in [-0.3, -0.25) is 0 Å². The second kappa shape index (κ2) is 7.34. The number of rotatable bonds is 3. The minimum atomic E-state index is -0.104. The number of carbonyl (C=O) groups excluding carboxylic acids is 1. The van der Waals surface area contributed by atoms with E-state index in [1.165, 1.54) is 0 Å². The van der Waals surface area contributed by atoms with Crippen molar-refractivity contribution in [1.29, 1.82) is 0 Å². The molecule has 28 heavy (non-hydrogen) atoms. The van der Waals surface area contributed by atoms with Crippen molar-refractivity contribution < 1.29 is 4.79 Å². The zero-order chi connectivity index (χ0) is 19.7. The van der Waals surface area contributed by atoms with Gasteiger partial charge in [-0.15, -0.1) is 0 Å². The van der Waals surface area contributed by atoms with Crippen LogP contribution in [0.4, 0.5) is 22.2 Å². The standard InChI is InChI=1S/C19H24N8O/c1-3-16-23-14-5-4-13(11-15(14)24-16)22-19(28)27-8-6-26(7-9-27)17-10-12(2)21-18(20)25-17/h4-5,10-11H,3,6-9H2,1-2H3,(H,22,28)(H,23,24)(H2,20,21,25). The Labute approximate surface area is 163 Å². The van der Waals surface area contributed by atoms with E-state index < -0.39 is 0 Å². The van der Waals surface area contributed by atoms with E-state index in [4.69, 9.17) is 5.73 Å². The summed E-state index contributed by atoms with van der Waals surface area (Å²) in [6, 6.07) is 7.52. The number of fused-ring (bicyclic) bond motifs is 1. The minimum Gasteiger partial charge on any atom is -0.368 e. The predicted molar refractivity (Wildman–Crippen MR) is 109 cm³/mol. The van der Waals surface area contributed by atoms with Gasteiger partial charge in [-0.25, -0.2) is 14.8 Å². The van der Waals surface area contributed by atoms with Crippen molar-refractivity contribution in [2.75, 3.05) is 42.1 Å². The molecule has 3 aromatic rings. The average Bonchev–Trinajstić information content (AvgIpc) is 3.10. The maximum absolute atomic E-state index is 12.6. The van der Waals surface area contributed by atoms with Gasteiger partial charge in [0, 0.05) is 50.0 Å². The number of amides is 2. The Morgan fingerprint density at radius 3 is 2.68 bits per heavy atom. The molecule has 0 atom stereocenters. The van der Waals surface area contributed by atoms with E-state index in [0.717, 1.165) is 40.5 Å². The Bertz CT molecular complexity index is 986. The summed E-state index contributed by atoms with van der Waals surface area (Å²) in [6.45, 7) is 6.57. The first kappa shape index (κ1) is 18.0. The Hall–Kier alpha value is -3.36. The van der Waals surface area contributed by atoms with Gasteiger partial charge in [-0.05, 0) is 25.1 Å². The third-order valence-corrected chi connectivity index (χ3v) is 4.87. The van der Waals surface area contributed by atoms with Crippen molar-refractivity contribution in [1.82, 2.24) is 24.8 Å². The second-order valence-corrected chi connectivity index (χ2v) is 6.90. The van der Waals surface area contributed by atoms with E-state index >= 15 is 0 Å². The number of hydrogen-bond donors (Lipinski definition) is 3. The third-order valence-electron chi connectivity index (χ3n) is 4.87. The lowest BCUT2D eigenvalue weighted by Crippen LogP contribution is -2.50. The topological polar surface area (TPSA) is 116 Å². The number of piperazine rings is 1. The number of imidazole rings is 1. The third kappa shape index (κ3) is 3.68. The number of nitrogens with one attached hydrogen (secondary N) is 2. The molecule has 1 fully saturated rings. The van der Waals surface area contributed by atoms with Crippen molar-refractivity contribution in [3.05, 3.63) is 35.8 Å². The highest BCUT2D eigenvalue weighted by Crippen LogP contribution is 2.19. The molecule has 4 N–H and O–H groups in total. The molecule has 9 heteroatoms. The average molecular weight is 380 g/mol. The molecule has 1 aromatic carbocycles. The fourth-order valence-corrected chi connectivity index (χ4v) is 3.39. The molecule has 0 bridgehead atoms. The Balaban J connectivity index is 1.38. The summed E-state index contributed by atoms with van der Waals surface area (Å²) in [6.07, 6.45) is 0.845. The van der Waals surface area contributed by atoms with Gasteiger partial charge >= 0.3 is 6.03 Å². The lowest BCUT2D eigenvalue weighted by molar-refractivity contribution is 0.208. The molecule has 4 rings (SSSR count). The minimum absolute atomic E-state index is 0.104. The number of nitrogens with zero attached hydrogens (tertiary/aromatic N) is 5. The number of anilines is 3. The quantitative estimate of drug-likeness (QED) is 0.641. The fourth-order valence-electron chi connectivity index (χ4n) is 3.39. The first-order valence-corrected chi connectivity index (χ1v) is 9.42. The predicted octanol–water partition coefficient (Wildman–Crippen LogP) is 2.16. The molecule has 0 saturated carbocycles. The molecule has 1 aliphatic heterocycles. The highest BCUT2D eigenvalue weighted by atomic mass is 16.2. The molecule has 9 nitrogen and oxygen atoms in total.